The van der Waals surface area contributed by atoms with Gasteiger partial charge in [0.1, 0.15) is 0 Å². The van der Waals surface area contributed by atoms with Crippen LogP contribution in [0.15, 0.2) is 54.6 Å². The van der Waals surface area contributed by atoms with E-state index in [1.54, 1.807) is 0 Å². The van der Waals surface area contributed by atoms with Gasteiger partial charge < -0.3 is 10.0 Å². The zero-order chi connectivity index (χ0) is 15.4. The smallest absolute Gasteiger partial charge is 0.407 e. The van der Waals surface area contributed by atoms with E-state index in [9.17, 15) is 4.79 Å². The molecule has 112 valence electrons. The summed E-state index contributed by atoms with van der Waals surface area (Å²) in [5.41, 5.74) is 2.12. The SMILES string of the molecule is O=C(O)N1CCCC1.c1ccc2nc3ccccc3cc2c1. The van der Waals surface area contributed by atoms with Gasteiger partial charge in [-0.3, -0.25) is 0 Å². The van der Waals surface area contributed by atoms with Crippen molar-refractivity contribution in [2.75, 3.05) is 13.1 Å². The largest absolute Gasteiger partial charge is 0.465 e. The van der Waals surface area contributed by atoms with E-state index in [2.05, 4.69) is 23.2 Å². The van der Waals surface area contributed by atoms with E-state index >= 15 is 0 Å². The number of rotatable bonds is 0. The van der Waals surface area contributed by atoms with Gasteiger partial charge in [0, 0.05) is 23.9 Å². The maximum absolute atomic E-state index is 10.1. The monoisotopic (exact) mass is 294 g/mol. The van der Waals surface area contributed by atoms with Crippen molar-refractivity contribution in [3.05, 3.63) is 54.6 Å². The molecule has 0 unspecified atom stereocenters. The molecule has 1 amide bonds. The molecule has 22 heavy (non-hydrogen) atoms. The molecule has 0 bridgehead atoms. The second kappa shape index (κ2) is 6.43. The number of hydrogen-bond acceptors (Lipinski definition) is 2. The van der Waals surface area contributed by atoms with Crippen LogP contribution in [-0.4, -0.2) is 34.2 Å². The van der Waals surface area contributed by atoms with Gasteiger partial charge in [0.2, 0.25) is 0 Å². The maximum atomic E-state index is 10.1. The Labute approximate surface area is 129 Å². The van der Waals surface area contributed by atoms with Gasteiger partial charge in [0.05, 0.1) is 11.0 Å². The molecule has 0 aliphatic carbocycles. The molecule has 1 N–H and O–H groups in total. The number of amides is 1. The number of para-hydroxylation sites is 2. The van der Waals surface area contributed by atoms with E-state index in [0.29, 0.717) is 0 Å². The fourth-order valence-electron chi connectivity index (χ4n) is 2.63. The molecule has 4 nitrogen and oxygen atoms in total. The van der Waals surface area contributed by atoms with Gasteiger partial charge in [-0.15, -0.1) is 0 Å². The number of likely N-dealkylation sites (tertiary alicyclic amines) is 1. The number of benzene rings is 2. The van der Waals surface area contributed by atoms with Gasteiger partial charge in [0.15, 0.2) is 0 Å². The highest BCUT2D eigenvalue weighted by atomic mass is 16.4. The van der Waals surface area contributed by atoms with Crippen molar-refractivity contribution in [2.45, 2.75) is 12.8 Å². The summed E-state index contributed by atoms with van der Waals surface area (Å²) < 4.78 is 0. The summed E-state index contributed by atoms with van der Waals surface area (Å²) in [5.74, 6) is 0. The number of carboxylic acid groups (broad SMARTS) is 1. The first-order valence-corrected chi connectivity index (χ1v) is 7.46. The standard InChI is InChI=1S/C13H9N.C5H9NO2/c1-3-7-12-10(5-1)9-11-6-2-4-8-13(11)14-12;7-5(8)6-3-1-2-4-6/h1-9H;1-4H2,(H,7,8). The number of fused-ring (bicyclic) bond motifs is 2. The second-order valence-electron chi connectivity index (χ2n) is 5.35. The molecule has 3 aromatic rings. The molecule has 2 heterocycles. The zero-order valence-electron chi connectivity index (χ0n) is 12.3. The van der Waals surface area contributed by atoms with Gasteiger partial charge in [-0.25, -0.2) is 9.78 Å². The average Bonchev–Trinajstić information content (AvgIpc) is 3.08. The van der Waals surface area contributed by atoms with Crippen LogP contribution < -0.4 is 0 Å². The quantitative estimate of drug-likeness (QED) is 0.634. The van der Waals surface area contributed by atoms with Gasteiger partial charge in [-0.2, -0.15) is 0 Å². The normalized spacial score (nSPS) is 13.9. The van der Waals surface area contributed by atoms with E-state index in [4.69, 9.17) is 5.11 Å². The number of carbonyl (C=O) groups is 1. The van der Waals surface area contributed by atoms with Crippen molar-refractivity contribution in [1.82, 2.24) is 9.88 Å². The minimum absolute atomic E-state index is 0.731. The predicted molar refractivity (Wildman–Crippen MR) is 88.1 cm³/mol. The Kier molecular flexibility index (Phi) is 4.19. The van der Waals surface area contributed by atoms with Crippen LogP contribution >= 0.6 is 0 Å². The van der Waals surface area contributed by atoms with Gasteiger partial charge in [-0.1, -0.05) is 36.4 Å². The first kappa shape index (κ1) is 14.3. The fraction of sp³-hybridized carbons (Fsp3) is 0.222. The lowest BCUT2D eigenvalue weighted by Gasteiger charge is -2.07. The highest BCUT2D eigenvalue weighted by molar-refractivity contribution is 5.92. The van der Waals surface area contributed by atoms with Crippen molar-refractivity contribution in [3.8, 4) is 0 Å². The lowest BCUT2D eigenvalue weighted by molar-refractivity contribution is 0.156. The van der Waals surface area contributed by atoms with E-state index in [-0.39, 0.29) is 0 Å². The third-order valence-corrected chi connectivity index (χ3v) is 3.80. The zero-order valence-corrected chi connectivity index (χ0v) is 12.3. The van der Waals surface area contributed by atoms with Crippen molar-refractivity contribution in [2.24, 2.45) is 0 Å². The second-order valence-corrected chi connectivity index (χ2v) is 5.35. The third kappa shape index (κ3) is 3.17. The molecule has 1 aliphatic rings. The van der Waals surface area contributed by atoms with Crippen LogP contribution in [0.5, 0.6) is 0 Å². The molecule has 0 saturated carbocycles. The third-order valence-electron chi connectivity index (χ3n) is 3.80. The van der Waals surface area contributed by atoms with Gasteiger partial charge in [0.25, 0.3) is 0 Å². The molecule has 4 rings (SSSR count). The van der Waals surface area contributed by atoms with Gasteiger partial charge >= 0.3 is 6.09 Å². The summed E-state index contributed by atoms with van der Waals surface area (Å²) in [6.07, 6.45) is 1.29. The molecule has 1 fully saturated rings. The van der Waals surface area contributed by atoms with E-state index in [1.165, 1.54) is 15.7 Å². The first-order chi connectivity index (χ1) is 10.7. The Balaban J connectivity index is 0.000000154. The minimum Gasteiger partial charge on any atom is -0.465 e. The maximum Gasteiger partial charge on any atom is 0.407 e. The lowest BCUT2D eigenvalue weighted by atomic mass is 10.1. The number of aromatic nitrogens is 1. The molecule has 4 heteroatoms. The van der Waals surface area contributed by atoms with Crippen molar-refractivity contribution >= 4 is 27.9 Å². The van der Waals surface area contributed by atoms with Crippen LogP contribution in [0.2, 0.25) is 0 Å². The fourth-order valence-corrected chi connectivity index (χ4v) is 2.63. The minimum atomic E-state index is -0.775. The molecule has 0 spiro atoms. The van der Waals surface area contributed by atoms with Crippen LogP contribution in [0.1, 0.15) is 12.8 Å². The van der Waals surface area contributed by atoms with Gasteiger partial charge in [-0.05, 0) is 31.0 Å². The van der Waals surface area contributed by atoms with Crippen LogP contribution in [-0.2, 0) is 0 Å². The summed E-state index contributed by atoms with van der Waals surface area (Å²) in [7, 11) is 0. The molecule has 1 aromatic heterocycles. The van der Waals surface area contributed by atoms with E-state index in [1.807, 2.05) is 36.4 Å². The summed E-state index contributed by atoms with van der Waals surface area (Å²) >= 11 is 0. The number of hydrogen-bond donors (Lipinski definition) is 1. The highest BCUT2D eigenvalue weighted by Crippen LogP contribution is 2.18. The lowest BCUT2D eigenvalue weighted by Crippen LogP contribution is -2.25. The predicted octanol–water partition coefficient (Wildman–Crippen LogP) is 4.15. The van der Waals surface area contributed by atoms with Crippen LogP contribution in [0.3, 0.4) is 0 Å². The molecular weight excluding hydrogens is 276 g/mol. The first-order valence-electron chi connectivity index (χ1n) is 7.46. The Hall–Kier alpha value is -2.62. The average molecular weight is 294 g/mol. The Morgan fingerprint density at radius 3 is 1.86 bits per heavy atom. The summed E-state index contributed by atoms with van der Waals surface area (Å²) in [4.78, 5) is 16.1. The van der Waals surface area contributed by atoms with Crippen molar-refractivity contribution in [1.29, 1.82) is 0 Å². The molecule has 0 atom stereocenters. The van der Waals surface area contributed by atoms with Crippen LogP contribution in [0, 0.1) is 0 Å². The van der Waals surface area contributed by atoms with E-state index in [0.717, 1.165) is 37.0 Å². The summed E-state index contributed by atoms with van der Waals surface area (Å²) in [5, 5.41) is 10.7. The number of nitrogens with zero attached hydrogens (tertiary/aromatic N) is 2. The van der Waals surface area contributed by atoms with Crippen LogP contribution in [0.25, 0.3) is 21.8 Å². The Bertz CT molecular complexity index is 690. The molecule has 0 radical (unpaired) electrons. The molecule has 1 aliphatic heterocycles. The molecular formula is C18H18N2O2. The Morgan fingerprint density at radius 1 is 0.909 bits per heavy atom. The topological polar surface area (TPSA) is 53.4 Å². The van der Waals surface area contributed by atoms with E-state index < -0.39 is 6.09 Å². The summed E-state index contributed by atoms with van der Waals surface area (Å²) in [6.45, 7) is 1.46. The summed E-state index contributed by atoms with van der Waals surface area (Å²) in [6, 6.07) is 18.6. The van der Waals surface area contributed by atoms with Crippen molar-refractivity contribution < 1.29 is 9.90 Å². The molecule has 1 saturated heterocycles. The Morgan fingerprint density at radius 2 is 1.41 bits per heavy atom. The van der Waals surface area contributed by atoms with Crippen molar-refractivity contribution in [3.63, 3.8) is 0 Å². The van der Waals surface area contributed by atoms with Crippen LogP contribution in [0.4, 0.5) is 4.79 Å². The molecule has 2 aromatic carbocycles. The number of pyridine rings is 1. The highest BCUT2D eigenvalue weighted by Gasteiger charge is 2.15.